The Morgan fingerprint density at radius 1 is 0.895 bits per heavy atom. The first-order valence-electron chi connectivity index (χ1n) is 5.76. The Kier molecular flexibility index (Phi) is 3.83. The lowest BCUT2D eigenvalue weighted by molar-refractivity contribution is 0.0942. The number of carbonyl (C=O) groups excluding carboxylic acids is 1. The fourth-order valence-electron chi connectivity index (χ4n) is 1.53. The molecule has 0 radical (unpaired) electrons. The number of phenols is 1. The molecule has 0 saturated carbocycles. The van der Waals surface area contributed by atoms with Crippen LogP contribution in [0.15, 0.2) is 61.2 Å². The summed E-state index contributed by atoms with van der Waals surface area (Å²) in [6, 6.07) is 15.4. The van der Waals surface area contributed by atoms with Gasteiger partial charge in [0.1, 0.15) is 5.75 Å². The number of nitrogens with one attached hydrogen (secondary N) is 2. The molecule has 96 valence electrons. The zero-order chi connectivity index (χ0) is 13.7. The summed E-state index contributed by atoms with van der Waals surface area (Å²) in [4.78, 5) is 11.8. The summed E-state index contributed by atoms with van der Waals surface area (Å²) in [6.07, 6.45) is 0. The lowest BCUT2D eigenvalue weighted by Gasteiger charge is -2.11. The van der Waals surface area contributed by atoms with Crippen molar-refractivity contribution in [3.63, 3.8) is 0 Å². The van der Waals surface area contributed by atoms with Gasteiger partial charge in [-0.05, 0) is 42.0 Å². The smallest absolute Gasteiger partial charge is 0.269 e. The molecule has 1 amide bonds. The van der Waals surface area contributed by atoms with Crippen molar-refractivity contribution in [2.75, 3.05) is 0 Å². The van der Waals surface area contributed by atoms with Crippen LogP contribution < -0.4 is 10.9 Å². The summed E-state index contributed by atoms with van der Waals surface area (Å²) in [5.74, 6) is -0.0506. The highest BCUT2D eigenvalue weighted by Gasteiger charge is 2.04. The maximum absolute atomic E-state index is 11.8. The van der Waals surface area contributed by atoms with E-state index < -0.39 is 0 Å². The minimum Gasteiger partial charge on any atom is -0.508 e. The van der Waals surface area contributed by atoms with Crippen LogP contribution in [0.3, 0.4) is 0 Å². The van der Waals surface area contributed by atoms with Crippen LogP contribution in [0.25, 0.3) is 5.70 Å². The van der Waals surface area contributed by atoms with Crippen LogP contribution >= 0.6 is 0 Å². The predicted octanol–water partition coefficient (Wildman–Crippen LogP) is 2.30. The molecular formula is C15H14N2O2. The average molecular weight is 254 g/mol. The van der Waals surface area contributed by atoms with E-state index in [2.05, 4.69) is 17.4 Å². The van der Waals surface area contributed by atoms with Crippen molar-refractivity contribution >= 4 is 11.6 Å². The number of benzene rings is 2. The van der Waals surface area contributed by atoms with Crippen molar-refractivity contribution in [2.45, 2.75) is 0 Å². The molecule has 4 heteroatoms. The van der Waals surface area contributed by atoms with Crippen molar-refractivity contribution in [3.8, 4) is 5.75 Å². The van der Waals surface area contributed by atoms with E-state index in [1.807, 2.05) is 6.07 Å². The van der Waals surface area contributed by atoms with Crippen LogP contribution in [0.4, 0.5) is 0 Å². The van der Waals surface area contributed by atoms with Gasteiger partial charge in [0, 0.05) is 5.56 Å². The Hall–Kier alpha value is -2.75. The molecule has 0 fully saturated rings. The zero-order valence-corrected chi connectivity index (χ0v) is 10.3. The third kappa shape index (κ3) is 3.35. The Morgan fingerprint density at radius 2 is 1.53 bits per heavy atom. The first-order chi connectivity index (χ1) is 9.16. The van der Waals surface area contributed by atoms with Crippen molar-refractivity contribution in [2.24, 2.45) is 0 Å². The maximum Gasteiger partial charge on any atom is 0.269 e. The summed E-state index contributed by atoms with van der Waals surface area (Å²) >= 11 is 0. The van der Waals surface area contributed by atoms with Crippen LogP contribution in [0.2, 0.25) is 0 Å². The largest absolute Gasteiger partial charge is 0.508 e. The van der Waals surface area contributed by atoms with E-state index in [-0.39, 0.29) is 11.7 Å². The molecule has 0 bridgehead atoms. The van der Waals surface area contributed by atoms with Crippen LogP contribution in [0.5, 0.6) is 5.75 Å². The molecule has 0 unspecified atom stereocenters. The highest BCUT2D eigenvalue weighted by Crippen LogP contribution is 2.14. The van der Waals surface area contributed by atoms with Gasteiger partial charge < -0.3 is 5.11 Å². The third-order valence-corrected chi connectivity index (χ3v) is 2.58. The topological polar surface area (TPSA) is 61.4 Å². The number of amides is 1. The highest BCUT2D eigenvalue weighted by atomic mass is 16.3. The number of aromatic hydroxyl groups is 1. The minimum absolute atomic E-state index is 0.185. The number of hydrogen-bond donors (Lipinski definition) is 3. The van der Waals surface area contributed by atoms with Gasteiger partial charge in [-0.3, -0.25) is 15.6 Å². The predicted molar refractivity (Wildman–Crippen MR) is 74.2 cm³/mol. The summed E-state index contributed by atoms with van der Waals surface area (Å²) < 4.78 is 0. The average Bonchev–Trinajstić information content (AvgIpc) is 2.46. The van der Waals surface area contributed by atoms with Gasteiger partial charge in [0.25, 0.3) is 5.91 Å². The van der Waals surface area contributed by atoms with Crippen LogP contribution in [-0.2, 0) is 0 Å². The van der Waals surface area contributed by atoms with Gasteiger partial charge in [-0.25, -0.2) is 0 Å². The first-order valence-corrected chi connectivity index (χ1v) is 5.76. The van der Waals surface area contributed by atoms with Crippen molar-refractivity contribution in [3.05, 3.63) is 72.3 Å². The summed E-state index contributed by atoms with van der Waals surface area (Å²) in [6.45, 7) is 3.81. The minimum atomic E-state index is -0.236. The number of rotatable bonds is 4. The van der Waals surface area contributed by atoms with Gasteiger partial charge in [-0.15, -0.1) is 0 Å². The Morgan fingerprint density at radius 3 is 2.16 bits per heavy atom. The van der Waals surface area contributed by atoms with Crippen molar-refractivity contribution < 1.29 is 9.90 Å². The van der Waals surface area contributed by atoms with E-state index in [4.69, 9.17) is 0 Å². The number of phenolic OH excluding ortho intramolecular Hbond substituents is 1. The lowest BCUT2D eigenvalue weighted by Crippen LogP contribution is -2.35. The second-order valence-electron chi connectivity index (χ2n) is 3.97. The SMILES string of the molecule is C=C(NNC(=O)c1ccccc1)c1ccc(O)cc1. The molecule has 0 aromatic heterocycles. The third-order valence-electron chi connectivity index (χ3n) is 2.58. The Bertz CT molecular complexity index is 577. The molecular weight excluding hydrogens is 240 g/mol. The molecule has 0 atom stereocenters. The monoisotopic (exact) mass is 254 g/mol. The highest BCUT2D eigenvalue weighted by molar-refractivity contribution is 5.94. The first kappa shape index (κ1) is 12.7. The van der Waals surface area contributed by atoms with E-state index >= 15 is 0 Å². The Labute approximate surface area is 111 Å². The normalized spacial score (nSPS) is 9.68. The summed E-state index contributed by atoms with van der Waals surface area (Å²) in [5.41, 5.74) is 7.19. The summed E-state index contributed by atoms with van der Waals surface area (Å²) in [5, 5.41) is 9.19. The lowest BCUT2D eigenvalue weighted by atomic mass is 10.2. The molecule has 19 heavy (non-hydrogen) atoms. The van der Waals surface area contributed by atoms with Crippen LogP contribution in [0, 0.1) is 0 Å². The second-order valence-corrected chi connectivity index (χ2v) is 3.97. The molecule has 0 saturated heterocycles. The van der Waals surface area contributed by atoms with Crippen molar-refractivity contribution in [1.29, 1.82) is 0 Å². The molecule has 2 aromatic carbocycles. The molecule has 4 nitrogen and oxygen atoms in total. The van der Waals surface area contributed by atoms with E-state index in [9.17, 15) is 9.90 Å². The number of hydrazine groups is 1. The Balaban J connectivity index is 1.94. The molecule has 3 N–H and O–H groups in total. The van der Waals surface area contributed by atoms with Gasteiger partial charge >= 0.3 is 0 Å². The quantitative estimate of drug-likeness (QED) is 0.734. The van der Waals surface area contributed by atoms with E-state index in [1.54, 1.807) is 48.5 Å². The number of carbonyl (C=O) groups is 1. The second kappa shape index (κ2) is 5.73. The van der Waals surface area contributed by atoms with Crippen LogP contribution in [0.1, 0.15) is 15.9 Å². The van der Waals surface area contributed by atoms with Gasteiger partial charge in [-0.1, -0.05) is 24.8 Å². The molecule has 0 aliphatic rings. The van der Waals surface area contributed by atoms with E-state index in [0.29, 0.717) is 11.3 Å². The van der Waals surface area contributed by atoms with E-state index in [0.717, 1.165) is 5.56 Å². The van der Waals surface area contributed by atoms with Crippen molar-refractivity contribution in [1.82, 2.24) is 10.9 Å². The van der Waals surface area contributed by atoms with Gasteiger partial charge in [-0.2, -0.15) is 0 Å². The molecule has 0 aliphatic carbocycles. The molecule has 0 heterocycles. The van der Waals surface area contributed by atoms with Gasteiger partial charge in [0.2, 0.25) is 0 Å². The fourth-order valence-corrected chi connectivity index (χ4v) is 1.53. The molecule has 2 rings (SSSR count). The molecule has 2 aromatic rings. The fraction of sp³-hybridized carbons (Fsp3) is 0. The van der Waals surface area contributed by atoms with E-state index in [1.165, 1.54) is 0 Å². The van der Waals surface area contributed by atoms with Crippen LogP contribution in [-0.4, -0.2) is 11.0 Å². The van der Waals surface area contributed by atoms with Gasteiger partial charge in [0.05, 0.1) is 5.70 Å². The maximum atomic E-state index is 11.8. The van der Waals surface area contributed by atoms with Gasteiger partial charge in [0.15, 0.2) is 0 Å². The zero-order valence-electron chi connectivity index (χ0n) is 10.3. The molecule has 0 aliphatic heterocycles. The number of hydrogen-bond acceptors (Lipinski definition) is 3. The summed E-state index contributed by atoms with van der Waals surface area (Å²) in [7, 11) is 0. The molecule has 0 spiro atoms. The standard InChI is InChI=1S/C15H14N2O2/c1-11(12-7-9-14(18)10-8-12)16-17-15(19)13-5-3-2-4-6-13/h2-10,16,18H,1H2,(H,17,19).